The van der Waals surface area contributed by atoms with Gasteiger partial charge in [0.15, 0.2) is 6.10 Å². The smallest absolute Gasteiger partial charge is 0.335 e. The second-order valence-corrected chi connectivity index (χ2v) is 11.6. The number of rotatable bonds is 11. The van der Waals surface area contributed by atoms with Gasteiger partial charge in [-0.1, -0.05) is 60.1 Å². The van der Waals surface area contributed by atoms with Crippen LogP contribution >= 0.6 is 11.6 Å². The van der Waals surface area contributed by atoms with Gasteiger partial charge in [0.2, 0.25) is 0 Å². The number of carbonyl (C=O) groups excluding carboxylic acids is 1. The lowest BCUT2D eigenvalue weighted by molar-refractivity contribution is -0.160. The number of hydrogen-bond donors (Lipinski definition) is 2. The zero-order valence-electron chi connectivity index (χ0n) is 24.1. The number of ether oxygens (including phenoxy) is 4. The Labute approximate surface area is 255 Å². The first-order chi connectivity index (χ1) is 21.0. The fraction of sp³-hybridized carbons (Fsp3) is 0.394. The van der Waals surface area contributed by atoms with Crippen LogP contribution < -0.4 is 4.74 Å². The molecule has 0 aliphatic carbocycles. The van der Waals surface area contributed by atoms with Crippen LogP contribution in [0.15, 0.2) is 60.7 Å². The second-order valence-electron chi connectivity index (χ2n) is 11.2. The first kappa shape index (κ1) is 29.6. The summed E-state index contributed by atoms with van der Waals surface area (Å²) in [7, 11) is 1.35. The fourth-order valence-corrected chi connectivity index (χ4v) is 6.01. The molecule has 2 aliphatic rings. The van der Waals surface area contributed by atoms with E-state index < -0.39 is 12.1 Å². The number of methoxy groups -OCH3 is 1. The molecule has 43 heavy (non-hydrogen) atoms. The normalized spacial score (nSPS) is 19.3. The van der Waals surface area contributed by atoms with Gasteiger partial charge < -0.3 is 29.0 Å². The summed E-state index contributed by atoms with van der Waals surface area (Å²) in [5, 5.41) is 9.45. The molecule has 2 atom stereocenters. The maximum atomic E-state index is 11.9. The van der Waals surface area contributed by atoms with Crippen molar-refractivity contribution in [2.75, 3.05) is 46.6 Å². The lowest BCUT2D eigenvalue weighted by Crippen LogP contribution is -2.48. The van der Waals surface area contributed by atoms with Crippen LogP contribution in [0.25, 0.3) is 33.3 Å². The van der Waals surface area contributed by atoms with Gasteiger partial charge in [0.25, 0.3) is 6.01 Å². The Morgan fingerprint density at radius 2 is 1.81 bits per heavy atom. The van der Waals surface area contributed by atoms with Crippen LogP contribution in [-0.4, -0.2) is 84.8 Å². The van der Waals surface area contributed by atoms with E-state index in [-0.39, 0.29) is 12.7 Å². The number of nitrogens with one attached hydrogen (secondary N) is 1. The molecule has 0 amide bonds. The molecular formula is C33H36ClN3O6. The second kappa shape index (κ2) is 13.4. The quantitative estimate of drug-likeness (QED) is 0.180. The Balaban J connectivity index is 1.08. The lowest BCUT2D eigenvalue weighted by Gasteiger charge is -2.39. The minimum absolute atomic E-state index is 0.0804. The van der Waals surface area contributed by atoms with Crippen molar-refractivity contribution in [2.24, 2.45) is 5.92 Å². The molecule has 4 aromatic rings. The predicted molar refractivity (Wildman–Crippen MR) is 164 cm³/mol. The van der Waals surface area contributed by atoms with Crippen LogP contribution in [0.3, 0.4) is 0 Å². The summed E-state index contributed by atoms with van der Waals surface area (Å²) in [6.45, 7) is 4.63. The molecule has 10 heteroatoms. The molecule has 0 radical (unpaired) electrons. The number of H-pyrrole nitrogens is 1. The number of likely N-dealkylation sites (tertiary alicyclic amines) is 1. The Morgan fingerprint density at radius 3 is 2.53 bits per heavy atom. The third kappa shape index (κ3) is 7.03. The van der Waals surface area contributed by atoms with E-state index >= 15 is 0 Å². The maximum absolute atomic E-state index is 11.9. The molecule has 9 nitrogen and oxygen atoms in total. The van der Waals surface area contributed by atoms with E-state index in [1.165, 1.54) is 12.7 Å². The lowest BCUT2D eigenvalue weighted by atomic mass is 9.98. The van der Waals surface area contributed by atoms with Crippen LogP contribution in [0.2, 0.25) is 5.02 Å². The first-order valence-corrected chi connectivity index (χ1v) is 15.0. The van der Waals surface area contributed by atoms with Crippen molar-refractivity contribution in [3.8, 4) is 28.3 Å². The van der Waals surface area contributed by atoms with Crippen molar-refractivity contribution in [3.63, 3.8) is 0 Å². The minimum Gasteiger partial charge on any atom is -0.467 e. The average Bonchev–Trinajstić information content (AvgIpc) is 3.40. The summed E-state index contributed by atoms with van der Waals surface area (Å²) in [6, 6.07) is 21.3. The summed E-state index contributed by atoms with van der Waals surface area (Å²) in [5.41, 5.74) is 7.00. The highest BCUT2D eigenvalue weighted by molar-refractivity contribution is 6.34. The number of halogens is 1. The van der Waals surface area contributed by atoms with Crippen LogP contribution in [-0.2, 0) is 25.5 Å². The highest BCUT2D eigenvalue weighted by Crippen LogP contribution is 2.34. The molecule has 3 aromatic carbocycles. The molecule has 2 saturated heterocycles. The number of benzene rings is 3. The number of aromatic nitrogens is 2. The zero-order chi connectivity index (χ0) is 29.8. The van der Waals surface area contributed by atoms with Gasteiger partial charge in [-0.2, -0.15) is 4.98 Å². The zero-order valence-corrected chi connectivity index (χ0v) is 24.9. The molecule has 226 valence electrons. The Hall–Kier alpha value is -3.47. The summed E-state index contributed by atoms with van der Waals surface area (Å²) >= 11 is 6.70. The number of esters is 1. The molecule has 1 aromatic heterocycles. The van der Waals surface area contributed by atoms with Gasteiger partial charge in [-0.15, -0.1) is 0 Å². The standard InChI is InChI=1S/C33H36ClN3O6/c1-40-32(39)31-14-26(10-12-42-31)43-33-35-29-15-27(28(34)16-30(29)36-33)25-8-6-24(7-9-25)23-4-2-21(3-5-23)17-37-18-22(19-37)20-41-13-11-38/h2-9,15-16,22,26,31,38H,10-14,17-20H2,1H3,(H,35,36)/t26?,31-/m0/s1. The van der Waals surface area contributed by atoms with Gasteiger partial charge in [-0.3, -0.25) is 4.90 Å². The van der Waals surface area contributed by atoms with Gasteiger partial charge >= 0.3 is 5.97 Å². The predicted octanol–water partition coefficient (Wildman–Crippen LogP) is 5.09. The van der Waals surface area contributed by atoms with E-state index in [0.29, 0.717) is 43.0 Å². The van der Waals surface area contributed by atoms with Crippen molar-refractivity contribution in [1.29, 1.82) is 0 Å². The van der Waals surface area contributed by atoms with Crippen molar-refractivity contribution in [3.05, 3.63) is 71.2 Å². The van der Waals surface area contributed by atoms with E-state index in [1.807, 2.05) is 12.1 Å². The van der Waals surface area contributed by atoms with Crippen LogP contribution in [0, 0.1) is 5.92 Å². The van der Waals surface area contributed by atoms with Gasteiger partial charge in [-0.05, 0) is 34.4 Å². The van der Waals surface area contributed by atoms with Crippen LogP contribution in [0.4, 0.5) is 0 Å². The summed E-state index contributed by atoms with van der Waals surface area (Å²) in [4.78, 5) is 22.1. The number of hydrogen-bond acceptors (Lipinski definition) is 8. The van der Waals surface area contributed by atoms with E-state index in [2.05, 4.69) is 63.4 Å². The van der Waals surface area contributed by atoms with E-state index in [0.717, 1.165) is 59.5 Å². The molecule has 0 spiro atoms. The van der Waals surface area contributed by atoms with Gasteiger partial charge in [0.05, 0.1) is 49.6 Å². The number of fused-ring (bicyclic) bond motifs is 1. The van der Waals surface area contributed by atoms with Gasteiger partial charge in [-0.25, -0.2) is 4.79 Å². The molecule has 0 saturated carbocycles. The largest absolute Gasteiger partial charge is 0.467 e. The highest BCUT2D eigenvalue weighted by atomic mass is 35.5. The third-order valence-corrected chi connectivity index (χ3v) is 8.35. The van der Waals surface area contributed by atoms with Crippen LogP contribution in [0.5, 0.6) is 6.01 Å². The molecule has 3 heterocycles. The van der Waals surface area contributed by atoms with Crippen molar-refractivity contribution < 1.29 is 28.8 Å². The topological polar surface area (TPSA) is 106 Å². The van der Waals surface area contributed by atoms with Crippen molar-refractivity contribution >= 4 is 28.6 Å². The molecule has 0 bridgehead atoms. The van der Waals surface area contributed by atoms with Gasteiger partial charge in [0, 0.05) is 44.0 Å². The van der Waals surface area contributed by atoms with Crippen LogP contribution in [0.1, 0.15) is 18.4 Å². The Bertz CT molecular complexity index is 1540. The molecule has 2 aliphatic heterocycles. The maximum Gasteiger partial charge on any atom is 0.335 e. The number of imidazole rings is 1. The SMILES string of the molecule is COC(=O)[C@@H]1CC(Oc2nc3cc(-c4ccc(-c5ccc(CN6CC(COCCO)C6)cc5)cc4)c(Cl)cc3[nH]2)CCO1. The number of nitrogens with zero attached hydrogens (tertiary/aromatic N) is 2. The Morgan fingerprint density at radius 1 is 1.09 bits per heavy atom. The molecule has 2 fully saturated rings. The first-order valence-electron chi connectivity index (χ1n) is 14.6. The Kier molecular flexibility index (Phi) is 9.25. The van der Waals surface area contributed by atoms with E-state index in [1.54, 1.807) is 0 Å². The van der Waals surface area contributed by atoms with Crippen molar-refractivity contribution in [2.45, 2.75) is 31.6 Å². The van der Waals surface area contributed by atoms with Gasteiger partial charge in [0.1, 0.15) is 6.10 Å². The van der Waals surface area contributed by atoms with E-state index in [4.69, 9.17) is 35.7 Å². The summed E-state index contributed by atoms with van der Waals surface area (Å²) in [6.07, 6.45) is 0.234. The number of carbonyl (C=O) groups is 1. The molecule has 6 rings (SSSR count). The summed E-state index contributed by atoms with van der Waals surface area (Å²) < 4.78 is 21.8. The number of aromatic amines is 1. The fourth-order valence-electron chi connectivity index (χ4n) is 5.74. The van der Waals surface area contributed by atoms with E-state index in [9.17, 15) is 4.79 Å². The number of aliphatic hydroxyl groups excluding tert-OH is 1. The monoisotopic (exact) mass is 605 g/mol. The molecular weight excluding hydrogens is 570 g/mol. The summed E-state index contributed by atoms with van der Waals surface area (Å²) in [5.74, 6) is 0.164. The van der Waals surface area contributed by atoms with Crippen molar-refractivity contribution in [1.82, 2.24) is 14.9 Å². The molecule has 2 N–H and O–H groups in total. The third-order valence-electron chi connectivity index (χ3n) is 8.04. The molecule has 1 unspecified atom stereocenters. The number of aliphatic hydroxyl groups is 1. The average molecular weight is 606 g/mol. The minimum atomic E-state index is -0.627. The highest BCUT2D eigenvalue weighted by Gasteiger charge is 2.31.